The Hall–Kier alpha value is -2.46. The first-order chi connectivity index (χ1) is 12.2. The average molecular weight is 385 g/mol. The third kappa shape index (κ3) is 6.81. The zero-order chi connectivity index (χ0) is 19.7. The van der Waals surface area contributed by atoms with Gasteiger partial charge in [-0.1, -0.05) is 0 Å². The maximum Gasteiger partial charge on any atom is 0.321 e. The van der Waals surface area contributed by atoms with Gasteiger partial charge in [0.15, 0.2) is 6.61 Å². The Bertz CT molecular complexity index is 742. The number of benzene rings is 1. The molecular weight excluding hydrogens is 362 g/mol. The number of hydrogen-bond donors (Lipinski definition) is 2. The van der Waals surface area contributed by atoms with Crippen LogP contribution >= 0.6 is 0 Å². The van der Waals surface area contributed by atoms with Crippen LogP contribution in [-0.2, 0) is 29.1 Å². The Labute approximate surface area is 152 Å². The molecular formula is C16H23N3O6S. The van der Waals surface area contributed by atoms with Crippen LogP contribution in [0.5, 0.6) is 0 Å². The van der Waals surface area contributed by atoms with Crippen molar-refractivity contribution >= 4 is 33.5 Å². The summed E-state index contributed by atoms with van der Waals surface area (Å²) in [5.41, 5.74) is 0.450. The summed E-state index contributed by atoms with van der Waals surface area (Å²) in [6.07, 6.45) is 0. The number of esters is 1. The van der Waals surface area contributed by atoms with Crippen LogP contribution in [0, 0.1) is 0 Å². The lowest BCUT2D eigenvalue weighted by molar-refractivity contribution is -0.150. The van der Waals surface area contributed by atoms with Crippen LogP contribution in [0.4, 0.5) is 5.69 Å². The lowest BCUT2D eigenvalue weighted by Crippen LogP contribution is -2.36. The molecule has 0 bridgehead atoms. The Kier molecular flexibility index (Phi) is 8.20. The number of hydrogen-bond acceptors (Lipinski definition) is 6. The number of rotatable bonds is 9. The zero-order valence-electron chi connectivity index (χ0n) is 14.9. The number of ether oxygens (including phenoxy) is 1. The maximum atomic E-state index is 12.1. The van der Waals surface area contributed by atoms with E-state index in [1.54, 1.807) is 13.8 Å². The highest BCUT2D eigenvalue weighted by Crippen LogP contribution is 2.13. The van der Waals surface area contributed by atoms with Gasteiger partial charge in [0.05, 0.1) is 4.90 Å². The summed E-state index contributed by atoms with van der Waals surface area (Å²) in [6, 6.07) is 5.44. The molecule has 0 atom stereocenters. The zero-order valence-corrected chi connectivity index (χ0v) is 15.8. The minimum absolute atomic E-state index is 0.0707. The van der Waals surface area contributed by atoms with Crippen LogP contribution in [0.1, 0.15) is 20.8 Å². The van der Waals surface area contributed by atoms with Crippen LogP contribution in [0.25, 0.3) is 0 Å². The molecule has 0 aliphatic heterocycles. The first kappa shape index (κ1) is 21.6. The molecule has 0 aliphatic carbocycles. The van der Waals surface area contributed by atoms with Crippen LogP contribution in [0.2, 0.25) is 0 Å². The summed E-state index contributed by atoms with van der Waals surface area (Å²) in [4.78, 5) is 35.7. The Morgan fingerprint density at radius 2 is 1.65 bits per heavy atom. The molecule has 0 saturated carbocycles. The van der Waals surface area contributed by atoms with Crippen molar-refractivity contribution in [3.63, 3.8) is 0 Å². The Morgan fingerprint density at radius 1 is 1.08 bits per heavy atom. The molecule has 0 unspecified atom stereocenters. The quantitative estimate of drug-likeness (QED) is 0.591. The van der Waals surface area contributed by atoms with Crippen molar-refractivity contribution in [1.29, 1.82) is 0 Å². The second-order valence-corrected chi connectivity index (χ2v) is 7.02. The van der Waals surface area contributed by atoms with Gasteiger partial charge in [-0.15, -0.1) is 0 Å². The number of anilines is 1. The van der Waals surface area contributed by atoms with E-state index in [4.69, 9.17) is 4.74 Å². The molecule has 0 aromatic heterocycles. The van der Waals surface area contributed by atoms with Crippen molar-refractivity contribution < 1.29 is 27.5 Å². The smallest absolute Gasteiger partial charge is 0.321 e. The van der Waals surface area contributed by atoms with Crippen molar-refractivity contribution in [3.8, 4) is 0 Å². The molecule has 1 rings (SSSR count). The van der Waals surface area contributed by atoms with Gasteiger partial charge in [0.2, 0.25) is 15.9 Å². The molecule has 0 heterocycles. The van der Waals surface area contributed by atoms with Gasteiger partial charge in [0.1, 0.15) is 6.54 Å². The van der Waals surface area contributed by atoms with Gasteiger partial charge in [-0.2, -0.15) is 4.72 Å². The second-order valence-electron chi connectivity index (χ2n) is 5.26. The average Bonchev–Trinajstić information content (AvgIpc) is 2.59. The van der Waals surface area contributed by atoms with E-state index < -0.39 is 29.1 Å². The van der Waals surface area contributed by atoms with Crippen LogP contribution < -0.4 is 10.0 Å². The molecule has 0 saturated heterocycles. The van der Waals surface area contributed by atoms with Crippen molar-refractivity contribution in [1.82, 2.24) is 9.62 Å². The maximum absolute atomic E-state index is 12.1. The molecule has 144 valence electrons. The lowest BCUT2D eigenvalue weighted by atomic mass is 10.3. The molecule has 0 spiro atoms. The standard InChI is InChI=1S/C16H23N3O6S/c1-4-19(5-2)15(21)11-25-16(22)10-17-26(23,24)14-8-6-13(7-9-14)18-12(3)20/h6-9,17H,4-5,10-11H2,1-3H3,(H,18,20). The molecule has 26 heavy (non-hydrogen) atoms. The summed E-state index contributed by atoms with van der Waals surface area (Å²) in [5, 5.41) is 2.52. The van der Waals surface area contributed by atoms with E-state index in [1.807, 2.05) is 0 Å². The first-order valence-corrected chi connectivity index (χ1v) is 9.48. The van der Waals surface area contributed by atoms with Gasteiger partial charge in [-0.3, -0.25) is 14.4 Å². The number of nitrogens with zero attached hydrogens (tertiary/aromatic N) is 1. The number of amides is 2. The molecule has 0 fully saturated rings. The third-order valence-electron chi connectivity index (χ3n) is 3.36. The second kappa shape index (κ2) is 9.88. The fraction of sp³-hybridized carbons (Fsp3) is 0.438. The van der Waals surface area contributed by atoms with Crippen molar-refractivity contribution in [3.05, 3.63) is 24.3 Å². The molecule has 1 aromatic carbocycles. The van der Waals surface area contributed by atoms with Crippen molar-refractivity contribution in [2.75, 3.05) is 31.6 Å². The minimum Gasteiger partial charge on any atom is -0.455 e. The van der Waals surface area contributed by atoms with Gasteiger partial charge in [-0.25, -0.2) is 8.42 Å². The highest BCUT2D eigenvalue weighted by Gasteiger charge is 2.17. The van der Waals surface area contributed by atoms with Crippen molar-refractivity contribution in [2.24, 2.45) is 0 Å². The van der Waals surface area contributed by atoms with E-state index in [9.17, 15) is 22.8 Å². The number of nitrogens with one attached hydrogen (secondary N) is 2. The van der Waals surface area contributed by atoms with E-state index in [-0.39, 0.29) is 16.7 Å². The molecule has 1 aromatic rings. The Balaban J connectivity index is 2.55. The number of sulfonamides is 1. The number of carbonyl (C=O) groups excluding carboxylic acids is 3. The van der Waals surface area contributed by atoms with Crippen LogP contribution in [-0.4, -0.2) is 57.3 Å². The summed E-state index contributed by atoms with van der Waals surface area (Å²) in [6.45, 7) is 4.89. The van der Waals surface area contributed by atoms with E-state index in [2.05, 4.69) is 10.0 Å². The molecule has 2 amide bonds. The summed E-state index contributed by atoms with van der Waals surface area (Å²) >= 11 is 0. The van der Waals surface area contributed by atoms with Gasteiger partial charge < -0.3 is 15.0 Å². The number of likely N-dealkylation sites (N-methyl/N-ethyl adjacent to an activating group) is 1. The lowest BCUT2D eigenvalue weighted by Gasteiger charge is -2.18. The van der Waals surface area contributed by atoms with E-state index in [0.717, 1.165) is 0 Å². The fourth-order valence-electron chi connectivity index (χ4n) is 2.02. The van der Waals surface area contributed by atoms with Gasteiger partial charge in [0.25, 0.3) is 5.91 Å². The highest BCUT2D eigenvalue weighted by atomic mass is 32.2. The predicted molar refractivity (Wildman–Crippen MR) is 94.8 cm³/mol. The van der Waals surface area contributed by atoms with Gasteiger partial charge >= 0.3 is 5.97 Å². The molecule has 9 nitrogen and oxygen atoms in total. The number of carbonyl (C=O) groups is 3. The van der Waals surface area contributed by atoms with Gasteiger partial charge in [0, 0.05) is 25.7 Å². The summed E-state index contributed by atoms with van der Waals surface area (Å²) in [5.74, 6) is -1.48. The molecule has 2 N–H and O–H groups in total. The summed E-state index contributed by atoms with van der Waals surface area (Å²) in [7, 11) is -3.92. The fourth-order valence-corrected chi connectivity index (χ4v) is 2.99. The summed E-state index contributed by atoms with van der Waals surface area (Å²) < 4.78 is 31.1. The monoisotopic (exact) mass is 385 g/mol. The van der Waals surface area contributed by atoms with Crippen LogP contribution in [0.3, 0.4) is 0 Å². The topological polar surface area (TPSA) is 122 Å². The molecule has 0 radical (unpaired) electrons. The van der Waals surface area contributed by atoms with Crippen molar-refractivity contribution in [2.45, 2.75) is 25.7 Å². The first-order valence-electron chi connectivity index (χ1n) is 8.00. The largest absolute Gasteiger partial charge is 0.455 e. The molecule has 0 aliphatic rings. The highest BCUT2D eigenvalue weighted by molar-refractivity contribution is 7.89. The Morgan fingerprint density at radius 3 is 2.15 bits per heavy atom. The predicted octanol–water partition coefficient (Wildman–Crippen LogP) is 0.335. The van der Waals surface area contributed by atoms with Gasteiger partial charge in [-0.05, 0) is 38.1 Å². The molecule has 10 heteroatoms. The third-order valence-corrected chi connectivity index (χ3v) is 4.78. The van der Waals surface area contributed by atoms with E-state index in [1.165, 1.54) is 36.1 Å². The minimum atomic E-state index is -3.92. The van der Waals surface area contributed by atoms with E-state index in [0.29, 0.717) is 18.8 Å². The van der Waals surface area contributed by atoms with E-state index >= 15 is 0 Å². The van der Waals surface area contributed by atoms with Crippen LogP contribution in [0.15, 0.2) is 29.2 Å². The normalized spacial score (nSPS) is 10.9. The SMILES string of the molecule is CCN(CC)C(=O)COC(=O)CNS(=O)(=O)c1ccc(NC(C)=O)cc1.